The third-order valence-corrected chi connectivity index (χ3v) is 3.58. The molecule has 8 heteroatoms. The van der Waals surface area contributed by atoms with Crippen LogP contribution in [0, 0.1) is 0 Å². The zero-order chi connectivity index (χ0) is 14.7. The summed E-state index contributed by atoms with van der Waals surface area (Å²) in [5.41, 5.74) is 7.28. The fourth-order valence-electron chi connectivity index (χ4n) is 1.70. The third kappa shape index (κ3) is 2.96. The predicted molar refractivity (Wildman–Crippen MR) is 77.7 cm³/mol. The molecule has 1 aromatic carbocycles. The van der Waals surface area contributed by atoms with Gasteiger partial charge in [0.05, 0.1) is 0 Å². The van der Waals surface area contributed by atoms with Gasteiger partial charge in [-0.15, -0.1) is 21.5 Å². The summed E-state index contributed by atoms with van der Waals surface area (Å²) in [6.45, 7) is 0.330. The van der Waals surface area contributed by atoms with Crippen LogP contribution in [-0.4, -0.2) is 21.1 Å². The fraction of sp³-hybridized carbons (Fsp3) is 0.0769. The van der Waals surface area contributed by atoms with Gasteiger partial charge in [0.25, 0.3) is 5.91 Å². The van der Waals surface area contributed by atoms with Gasteiger partial charge < -0.3 is 15.5 Å². The minimum Gasteiger partial charge on any atom is -0.423 e. The molecule has 0 saturated heterocycles. The van der Waals surface area contributed by atoms with Crippen LogP contribution >= 0.6 is 11.3 Å². The third-order valence-electron chi connectivity index (χ3n) is 2.71. The lowest BCUT2D eigenvalue weighted by Gasteiger charge is -2.03. The van der Waals surface area contributed by atoms with E-state index in [1.807, 2.05) is 0 Å². The second kappa shape index (κ2) is 5.81. The highest BCUT2D eigenvalue weighted by Crippen LogP contribution is 2.19. The van der Waals surface area contributed by atoms with E-state index in [-0.39, 0.29) is 5.91 Å². The molecule has 1 amide bonds. The second-order valence-electron chi connectivity index (χ2n) is 4.11. The van der Waals surface area contributed by atoms with E-state index in [0.29, 0.717) is 23.8 Å². The molecule has 0 fully saturated rings. The van der Waals surface area contributed by atoms with Crippen LogP contribution in [0.5, 0.6) is 0 Å². The molecule has 2 heterocycles. The summed E-state index contributed by atoms with van der Waals surface area (Å²) in [6, 6.07) is 7.09. The quantitative estimate of drug-likeness (QED) is 0.762. The maximum Gasteiger partial charge on any atom is 0.275 e. The summed E-state index contributed by atoms with van der Waals surface area (Å²) in [6.07, 6.45) is 1.27. The normalized spacial score (nSPS) is 10.5. The number of benzene rings is 1. The number of amides is 1. The number of nitrogens with two attached hydrogens (primary N) is 1. The van der Waals surface area contributed by atoms with Crippen LogP contribution in [0.3, 0.4) is 0 Å². The number of hydrogen-bond acceptors (Lipinski definition) is 7. The van der Waals surface area contributed by atoms with E-state index in [4.69, 9.17) is 10.2 Å². The molecule has 0 bridgehead atoms. The molecule has 0 spiro atoms. The van der Waals surface area contributed by atoms with Gasteiger partial charge in [-0.1, -0.05) is 0 Å². The summed E-state index contributed by atoms with van der Waals surface area (Å²) in [7, 11) is 0. The van der Waals surface area contributed by atoms with Gasteiger partial charge in [-0.3, -0.25) is 4.79 Å². The molecule has 106 valence electrons. The van der Waals surface area contributed by atoms with E-state index in [1.165, 1.54) is 17.7 Å². The molecule has 0 aliphatic carbocycles. The molecule has 0 saturated carbocycles. The molecule has 7 nitrogen and oxygen atoms in total. The highest BCUT2D eigenvalue weighted by atomic mass is 32.1. The van der Waals surface area contributed by atoms with E-state index in [1.54, 1.807) is 29.6 Å². The van der Waals surface area contributed by atoms with Crippen LogP contribution in [-0.2, 0) is 6.54 Å². The largest absolute Gasteiger partial charge is 0.423 e. The van der Waals surface area contributed by atoms with Crippen molar-refractivity contribution in [2.75, 3.05) is 5.32 Å². The minimum atomic E-state index is -0.267. The zero-order valence-corrected chi connectivity index (χ0v) is 11.6. The average Bonchev–Trinajstić information content (AvgIpc) is 3.19. The lowest BCUT2D eigenvalue weighted by Crippen LogP contribution is -2.12. The SMILES string of the molecule is NCc1nc(C(=O)Nc2ccc(-c3nnco3)cc2)cs1. The van der Waals surface area contributed by atoms with Crippen molar-refractivity contribution in [2.24, 2.45) is 5.73 Å². The Morgan fingerprint density at radius 1 is 1.33 bits per heavy atom. The molecule has 2 aromatic heterocycles. The van der Waals surface area contributed by atoms with E-state index in [9.17, 15) is 4.79 Å². The average molecular weight is 301 g/mol. The van der Waals surface area contributed by atoms with Gasteiger partial charge in [0.2, 0.25) is 12.3 Å². The monoisotopic (exact) mass is 301 g/mol. The van der Waals surface area contributed by atoms with E-state index >= 15 is 0 Å². The second-order valence-corrected chi connectivity index (χ2v) is 5.05. The number of carbonyl (C=O) groups excluding carboxylic acids is 1. The van der Waals surface area contributed by atoms with Crippen LogP contribution in [0.2, 0.25) is 0 Å². The Morgan fingerprint density at radius 3 is 2.76 bits per heavy atom. The molecule has 3 rings (SSSR count). The number of nitrogens with zero attached hydrogens (tertiary/aromatic N) is 3. The molecular formula is C13H11N5O2S. The molecular weight excluding hydrogens is 290 g/mol. The number of aromatic nitrogens is 3. The maximum atomic E-state index is 12.0. The van der Waals surface area contributed by atoms with Crippen LogP contribution in [0.25, 0.3) is 11.5 Å². The van der Waals surface area contributed by atoms with E-state index < -0.39 is 0 Å². The smallest absolute Gasteiger partial charge is 0.275 e. The van der Waals surface area contributed by atoms with Gasteiger partial charge >= 0.3 is 0 Å². The van der Waals surface area contributed by atoms with Crippen molar-refractivity contribution in [2.45, 2.75) is 6.54 Å². The molecule has 3 N–H and O–H groups in total. The summed E-state index contributed by atoms with van der Waals surface area (Å²) in [5, 5.41) is 12.6. The number of rotatable bonds is 4. The zero-order valence-electron chi connectivity index (χ0n) is 10.8. The van der Waals surface area contributed by atoms with E-state index in [0.717, 1.165) is 10.6 Å². The van der Waals surface area contributed by atoms with Gasteiger partial charge in [-0.05, 0) is 24.3 Å². The Balaban J connectivity index is 1.71. The van der Waals surface area contributed by atoms with Crippen molar-refractivity contribution in [3.8, 4) is 11.5 Å². The van der Waals surface area contributed by atoms with Crippen LogP contribution in [0.1, 0.15) is 15.5 Å². The van der Waals surface area contributed by atoms with Crippen molar-refractivity contribution < 1.29 is 9.21 Å². The molecule has 0 radical (unpaired) electrons. The van der Waals surface area contributed by atoms with Crippen LogP contribution in [0.15, 0.2) is 40.5 Å². The number of carbonyl (C=O) groups is 1. The summed E-state index contributed by atoms with van der Waals surface area (Å²) in [5.74, 6) is 0.163. The molecule has 0 aliphatic heterocycles. The molecule has 21 heavy (non-hydrogen) atoms. The Hall–Kier alpha value is -2.58. The van der Waals surface area contributed by atoms with Gasteiger partial charge in [0.1, 0.15) is 10.7 Å². The van der Waals surface area contributed by atoms with Gasteiger partial charge in [-0.2, -0.15) is 0 Å². The van der Waals surface area contributed by atoms with Gasteiger partial charge in [0.15, 0.2) is 0 Å². The Bertz CT molecular complexity index is 736. The predicted octanol–water partition coefficient (Wildman–Crippen LogP) is 1.90. The Labute approximate surface area is 123 Å². The highest BCUT2D eigenvalue weighted by molar-refractivity contribution is 7.09. The first kappa shape index (κ1) is 13.4. The first-order valence-electron chi connectivity index (χ1n) is 6.08. The Morgan fingerprint density at radius 2 is 2.14 bits per heavy atom. The lowest BCUT2D eigenvalue weighted by atomic mass is 10.2. The van der Waals surface area contributed by atoms with Gasteiger partial charge in [-0.25, -0.2) is 4.98 Å². The molecule has 0 aliphatic rings. The van der Waals surface area contributed by atoms with Crippen molar-refractivity contribution in [1.82, 2.24) is 15.2 Å². The fourth-order valence-corrected chi connectivity index (χ4v) is 2.35. The summed E-state index contributed by atoms with van der Waals surface area (Å²) >= 11 is 1.36. The summed E-state index contributed by atoms with van der Waals surface area (Å²) in [4.78, 5) is 16.1. The Kier molecular flexibility index (Phi) is 3.71. The lowest BCUT2D eigenvalue weighted by molar-refractivity contribution is 0.102. The van der Waals surface area contributed by atoms with Crippen LogP contribution in [0.4, 0.5) is 5.69 Å². The topological polar surface area (TPSA) is 107 Å². The molecule has 3 aromatic rings. The number of hydrogen-bond donors (Lipinski definition) is 2. The van der Waals surface area contributed by atoms with Crippen molar-refractivity contribution in [3.63, 3.8) is 0 Å². The van der Waals surface area contributed by atoms with Crippen molar-refractivity contribution >= 4 is 22.9 Å². The molecule has 0 atom stereocenters. The minimum absolute atomic E-state index is 0.267. The first-order valence-corrected chi connectivity index (χ1v) is 6.96. The van der Waals surface area contributed by atoms with Crippen molar-refractivity contribution in [1.29, 1.82) is 0 Å². The van der Waals surface area contributed by atoms with Gasteiger partial charge in [0, 0.05) is 23.2 Å². The standard InChI is InChI=1S/C13H11N5O2S/c14-5-11-17-10(6-21-11)12(19)16-9-3-1-8(2-4-9)13-18-15-7-20-13/h1-4,6-7H,5,14H2,(H,16,19). The number of nitrogens with one attached hydrogen (secondary N) is 1. The number of anilines is 1. The molecule has 0 unspecified atom stereocenters. The van der Waals surface area contributed by atoms with E-state index in [2.05, 4.69) is 20.5 Å². The number of thiazole rings is 1. The van der Waals surface area contributed by atoms with Crippen molar-refractivity contribution in [3.05, 3.63) is 46.7 Å². The first-order chi connectivity index (χ1) is 10.3. The van der Waals surface area contributed by atoms with Crippen LogP contribution < -0.4 is 11.1 Å². The maximum absolute atomic E-state index is 12.0. The highest BCUT2D eigenvalue weighted by Gasteiger charge is 2.11. The summed E-state index contributed by atoms with van der Waals surface area (Å²) < 4.78 is 5.09.